The van der Waals surface area contributed by atoms with Crippen LogP contribution in [0.25, 0.3) is 0 Å². The van der Waals surface area contributed by atoms with Crippen LogP contribution in [0.15, 0.2) is 0 Å². The fraction of sp³-hybridized carbons (Fsp3) is 1.00. The molecule has 0 aromatic heterocycles. The van der Waals surface area contributed by atoms with Crippen molar-refractivity contribution in [1.29, 1.82) is 0 Å². The van der Waals surface area contributed by atoms with Crippen molar-refractivity contribution in [2.24, 2.45) is 0 Å². The van der Waals surface area contributed by atoms with Crippen LogP contribution in [0.4, 0.5) is 0 Å². The molecule has 0 aliphatic heterocycles. The average Bonchev–Trinajstić information content (AvgIpc) is 2.23. The Balaban J connectivity index is 3.35. The molecule has 0 aromatic carbocycles. The summed E-state index contributed by atoms with van der Waals surface area (Å²) in [4.78, 5) is 0. The molecule has 0 saturated heterocycles. The highest BCUT2D eigenvalue weighted by atomic mass is 28.4. The Morgan fingerprint density at radius 3 is 2.06 bits per heavy atom. The van der Waals surface area contributed by atoms with E-state index in [-0.39, 0.29) is 0 Å². The molecule has 4 heteroatoms. The van der Waals surface area contributed by atoms with Crippen molar-refractivity contribution in [3.05, 3.63) is 0 Å². The van der Waals surface area contributed by atoms with Crippen molar-refractivity contribution in [2.75, 3.05) is 26.9 Å². The Morgan fingerprint density at radius 1 is 0.812 bits per heavy atom. The van der Waals surface area contributed by atoms with Crippen LogP contribution in [-0.4, -0.2) is 35.5 Å². The van der Waals surface area contributed by atoms with Gasteiger partial charge in [0.1, 0.15) is 0 Å². The molecule has 0 unspecified atom stereocenters. The largest absolute Gasteiger partial charge is 0.395 e. The minimum atomic E-state index is -1.89. The molecule has 0 spiro atoms. The molecule has 0 fully saturated rings. The normalized spacial score (nSPS) is 12.0. The third kappa shape index (κ3) is 10.6. The number of unbranched alkanes of at least 4 members (excludes halogenated alkanes) is 4. The van der Waals surface area contributed by atoms with Gasteiger partial charge in [-0.15, -0.1) is 0 Å². The van der Waals surface area contributed by atoms with Crippen molar-refractivity contribution in [3.8, 4) is 0 Å². The third-order valence-corrected chi connectivity index (χ3v) is 4.23. The maximum atomic E-state index is 5.82. The van der Waals surface area contributed by atoms with Gasteiger partial charge in [0.25, 0.3) is 0 Å². The molecule has 0 N–H and O–H groups in total. The zero-order valence-corrected chi connectivity index (χ0v) is 12.4. The summed E-state index contributed by atoms with van der Waals surface area (Å²) in [6.07, 6.45) is 6.39. The van der Waals surface area contributed by atoms with E-state index in [4.69, 9.17) is 13.6 Å². The van der Waals surface area contributed by atoms with Crippen LogP contribution in [0.1, 0.15) is 39.0 Å². The summed E-state index contributed by atoms with van der Waals surface area (Å²) in [6, 6.07) is 0. The van der Waals surface area contributed by atoms with Crippen LogP contribution in [0.3, 0.4) is 0 Å². The van der Waals surface area contributed by atoms with Gasteiger partial charge in [-0.2, -0.15) is 0 Å². The Morgan fingerprint density at radius 2 is 1.44 bits per heavy atom. The zero-order valence-electron chi connectivity index (χ0n) is 11.4. The van der Waals surface area contributed by atoms with E-state index >= 15 is 0 Å². The first-order valence-corrected chi connectivity index (χ1v) is 9.21. The van der Waals surface area contributed by atoms with Gasteiger partial charge in [0, 0.05) is 13.7 Å². The molecule has 0 amide bonds. The summed E-state index contributed by atoms with van der Waals surface area (Å²) in [7, 11) is -0.202. The Labute approximate surface area is 102 Å². The highest BCUT2D eigenvalue weighted by Gasteiger charge is 2.23. The van der Waals surface area contributed by atoms with Crippen molar-refractivity contribution in [3.63, 3.8) is 0 Å². The van der Waals surface area contributed by atoms with Crippen LogP contribution >= 0.6 is 0 Å². The smallest absolute Gasteiger partial charge is 0.331 e. The zero-order chi connectivity index (χ0) is 12.3. The first-order valence-electron chi connectivity index (χ1n) is 6.39. The highest BCUT2D eigenvalue weighted by Crippen LogP contribution is 2.09. The molecule has 98 valence electrons. The fourth-order valence-corrected chi connectivity index (χ4v) is 2.73. The SMILES string of the molecule is CCCCCCCO[Si](C)(C)OCCOC. The Hall–Kier alpha value is 0.0969. The lowest BCUT2D eigenvalue weighted by molar-refractivity contribution is 0.112. The van der Waals surface area contributed by atoms with Crippen LogP contribution < -0.4 is 0 Å². The van der Waals surface area contributed by atoms with Crippen LogP contribution in [-0.2, 0) is 13.6 Å². The second-order valence-corrected chi connectivity index (χ2v) is 7.88. The van der Waals surface area contributed by atoms with Crippen molar-refractivity contribution in [1.82, 2.24) is 0 Å². The van der Waals surface area contributed by atoms with Crippen molar-refractivity contribution < 1.29 is 13.6 Å². The molecular weight excluding hydrogens is 220 g/mol. The summed E-state index contributed by atoms with van der Waals surface area (Å²) in [5.41, 5.74) is 0. The molecule has 3 nitrogen and oxygen atoms in total. The minimum absolute atomic E-state index is 0.644. The molecule has 0 heterocycles. The first-order chi connectivity index (χ1) is 7.62. The van der Waals surface area contributed by atoms with E-state index in [0.29, 0.717) is 13.2 Å². The van der Waals surface area contributed by atoms with E-state index in [1.54, 1.807) is 7.11 Å². The maximum absolute atomic E-state index is 5.82. The maximum Gasteiger partial charge on any atom is 0.331 e. The van der Waals surface area contributed by atoms with Crippen LogP contribution in [0.2, 0.25) is 13.1 Å². The van der Waals surface area contributed by atoms with Gasteiger partial charge in [-0.3, -0.25) is 0 Å². The van der Waals surface area contributed by atoms with Crippen LogP contribution in [0.5, 0.6) is 0 Å². The Bertz CT molecular complexity index is 151. The van der Waals surface area contributed by atoms with E-state index in [9.17, 15) is 0 Å². The summed E-state index contributed by atoms with van der Waals surface area (Å²) < 4.78 is 16.5. The van der Waals surface area contributed by atoms with Gasteiger partial charge < -0.3 is 13.6 Å². The predicted molar refractivity (Wildman–Crippen MR) is 70.0 cm³/mol. The van der Waals surface area contributed by atoms with Crippen molar-refractivity contribution >= 4 is 8.56 Å². The van der Waals surface area contributed by atoms with Crippen molar-refractivity contribution in [2.45, 2.75) is 52.1 Å². The highest BCUT2D eigenvalue weighted by molar-refractivity contribution is 6.64. The van der Waals surface area contributed by atoms with Gasteiger partial charge in [-0.05, 0) is 19.5 Å². The standard InChI is InChI=1S/C12H28O3Si/c1-5-6-7-8-9-10-14-16(3,4)15-12-11-13-2/h5-12H2,1-4H3. The quantitative estimate of drug-likeness (QED) is 0.414. The minimum Gasteiger partial charge on any atom is -0.395 e. The lowest BCUT2D eigenvalue weighted by atomic mass is 10.2. The number of hydrogen-bond acceptors (Lipinski definition) is 3. The Kier molecular flexibility index (Phi) is 10.3. The molecule has 0 saturated carbocycles. The van der Waals surface area contributed by atoms with E-state index in [1.165, 1.54) is 25.7 Å². The molecule has 0 bridgehead atoms. The molecule has 0 aromatic rings. The molecule has 0 radical (unpaired) electrons. The second-order valence-electron chi connectivity index (χ2n) is 4.50. The number of methoxy groups -OCH3 is 1. The molecule has 0 rings (SSSR count). The fourth-order valence-electron chi connectivity index (χ4n) is 1.44. The summed E-state index contributed by atoms with van der Waals surface area (Å²) in [5.74, 6) is 0. The molecule has 16 heavy (non-hydrogen) atoms. The monoisotopic (exact) mass is 248 g/mol. The summed E-state index contributed by atoms with van der Waals surface area (Å²) >= 11 is 0. The lowest BCUT2D eigenvalue weighted by Gasteiger charge is -2.22. The van der Waals surface area contributed by atoms with Gasteiger partial charge in [-0.1, -0.05) is 32.6 Å². The molecule has 0 aliphatic carbocycles. The van der Waals surface area contributed by atoms with E-state index in [2.05, 4.69) is 20.0 Å². The van der Waals surface area contributed by atoms with Gasteiger partial charge in [-0.25, -0.2) is 0 Å². The number of rotatable bonds is 11. The summed E-state index contributed by atoms with van der Waals surface area (Å²) in [5, 5.41) is 0. The van der Waals surface area contributed by atoms with Gasteiger partial charge >= 0.3 is 8.56 Å². The predicted octanol–water partition coefficient (Wildman–Crippen LogP) is 3.34. The first kappa shape index (κ1) is 16.1. The molecular formula is C12H28O3Si. The topological polar surface area (TPSA) is 27.7 Å². The summed E-state index contributed by atoms with van der Waals surface area (Å²) in [6.45, 7) is 8.55. The lowest BCUT2D eigenvalue weighted by Crippen LogP contribution is -2.36. The van der Waals surface area contributed by atoms with Crippen LogP contribution in [0, 0.1) is 0 Å². The molecule has 0 atom stereocenters. The van der Waals surface area contributed by atoms with E-state index in [0.717, 1.165) is 13.0 Å². The van der Waals surface area contributed by atoms with Gasteiger partial charge in [0.05, 0.1) is 13.2 Å². The van der Waals surface area contributed by atoms with Gasteiger partial charge in [0.2, 0.25) is 0 Å². The third-order valence-electron chi connectivity index (χ3n) is 2.43. The number of hydrogen-bond donors (Lipinski definition) is 0. The van der Waals surface area contributed by atoms with Gasteiger partial charge in [0.15, 0.2) is 0 Å². The average molecular weight is 248 g/mol. The number of ether oxygens (including phenoxy) is 1. The van der Waals surface area contributed by atoms with E-state index in [1.807, 2.05) is 0 Å². The second kappa shape index (κ2) is 10.3. The molecule has 0 aliphatic rings. The van der Waals surface area contributed by atoms with E-state index < -0.39 is 8.56 Å².